The molecule has 86 valence electrons. The van der Waals surface area contributed by atoms with Crippen molar-refractivity contribution in [3.8, 4) is 0 Å². The van der Waals surface area contributed by atoms with Crippen molar-refractivity contribution in [2.75, 3.05) is 0 Å². The lowest BCUT2D eigenvalue weighted by Crippen LogP contribution is -2.36. The van der Waals surface area contributed by atoms with Gasteiger partial charge in [-0.1, -0.05) is 11.6 Å². The van der Waals surface area contributed by atoms with E-state index in [1.54, 1.807) is 6.92 Å². The molecule has 6 nitrogen and oxygen atoms in total. The number of aromatic nitrogens is 2. The second kappa shape index (κ2) is 5.41. The molecule has 1 atom stereocenters. The number of hydrogen-bond donors (Lipinski definition) is 2. The Bertz CT molecular complexity index is 410. The van der Waals surface area contributed by atoms with E-state index in [0.717, 1.165) is 0 Å². The third kappa shape index (κ3) is 3.82. The van der Waals surface area contributed by atoms with Crippen LogP contribution in [0.25, 0.3) is 0 Å². The molecule has 2 amide bonds. The zero-order chi connectivity index (χ0) is 12.1. The van der Waals surface area contributed by atoms with Gasteiger partial charge in [-0.3, -0.25) is 14.6 Å². The van der Waals surface area contributed by atoms with E-state index in [9.17, 15) is 9.59 Å². The smallest absolute Gasteiger partial charge is 0.271 e. The maximum atomic E-state index is 11.6. The molecule has 0 saturated heterocycles. The Morgan fingerprint density at radius 1 is 1.56 bits per heavy atom. The number of halogens is 1. The first-order chi connectivity index (χ1) is 7.49. The zero-order valence-corrected chi connectivity index (χ0v) is 9.36. The van der Waals surface area contributed by atoms with Gasteiger partial charge in [-0.2, -0.15) is 0 Å². The fourth-order valence-corrected chi connectivity index (χ4v) is 1.25. The van der Waals surface area contributed by atoms with Crippen molar-refractivity contribution >= 4 is 23.4 Å². The summed E-state index contributed by atoms with van der Waals surface area (Å²) in [5, 5.41) is 2.69. The summed E-state index contributed by atoms with van der Waals surface area (Å²) in [7, 11) is 0. The third-order valence-corrected chi connectivity index (χ3v) is 1.90. The lowest BCUT2D eigenvalue weighted by Gasteiger charge is -2.11. The van der Waals surface area contributed by atoms with E-state index in [1.165, 1.54) is 12.4 Å². The minimum atomic E-state index is -0.482. The molecule has 1 unspecified atom stereocenters. The summed E-state index contributed by atoms with van der Waals surface area (Å²) >= 11 is 5.58. The average Bonchev–Trinajstić information content (AvgIpc) is 2.16. The summed E-state index contributed by atoms with van der Waals surface area (Å²) in [5.41, 5.74) is 5.09. The molecule has 0 spiro atoms. The number of nitrogens with zero attached hydrogens (tertiary/aromatic N) is 2. The number of nitrogens with two attached hydrogens (primary N) is 1. The zero-order valence-electron chi connectivity index (χ0n) is 8.61. The average molecular weight is 243 g/mol. The maximum Gasteiger partial charge on any atom is 0.271 e. The van der Waals surface area contributed by atoms with Crippen LogP contribution in [0.5, 0.6) is 0 Å². The Labute approximate surface area is 97.2 Å². The number of primary amides is 1. The van der Waals surface area contributed by atoms with E-state index in [2.05, 4.69) is 15.3 Å². The molecule has 1 aromatic heterocycles. The van der Waals surface area contributed by atoms with Crippen LogP contribution in [0.1, 0.15) is 23.8 Å². The molecule has 1 rings (SSSR count). The Hall–Kier alpha value is -1.69. The number of hydrogen-bond acceptors (Lipinski definition) is 4. The van der Waals surface area contributed by atoms with Gasteiger partial charge in [-0.05, 0) is 6.92 Å². The molecule has 7 heteroatoms. The van der Waals surface area contributed by atoms with Gasteiger partial charge in [0.05, 0.1) is 12.4 Å². The van der Waals surface area contributed by atoms with Gasteiger partial charge in [0.25, 0.3) is 5.91 Å². The Morgan fingerprint density at radius 3 is 2.81 bits per heavy atom. The van der Waals surface area contributed by atoms with Crippen LogP contribution in [-0.4, -0.2) is 27.8 Å². The quantitative estimate of drug-likeness (QED) is 0.784. The van der Waals surface area contributed by atoms with Crippen LogP contribution in [-0.2, 0) is 4.79 Å². The summed E-state index contributed by atoms with van der Waals surface area (Å²) in [5.74, 6) is -0.922. The van der Waals surface area contributed by atoms with Crippen LogP contribution in [0.4, 0.5) is 0 Å². The molecule has 0 radical (unpaired) electrons. The predicted molar refractivity (Wildman–Crippen MR) is 57.8 cm³/mol. The standard InChI is InChI=1S/C9H11ClN4O2/c1-5(2-8(11)15)13-9(16)6-3-12-4-7(10)14-6/h3-5H,2H2,1H3,(H2,11,15)(H,13,16). The lowest BCUT2D eigenvalue weighted by molar-refractivity contribution is -0.118. The van der Waals surface area contributed by atoms with Gasteiger partial charge in [0, 0.05) is 12.5 Å². The summed E-state index contributed by atoms with van der Waals surface area (Å²) in [4.78, 5) is 29.7. The van der Waals surface area contributed by atoms with Gasteiger partial charge in [0.1, 0.15) is 10.8 Å². The highest BCUT2D eigenvalue weighted by atomic mass is 35.5. The van der Waals surface area contributed by atoms with Gasteiger partial charge in [-0.15, -0.1) is 0 Å². The van der Waals surface area contributed by atoms with Gasteiger partial charge in [0.15, 0.2) is 0 Å². The molecule has 0 saturated carbocycles. The molecule has 0 aliphatic rings. The van der Waals surface area contributed by atoms with Crippen LogP contribution in [0, 0.1) is 0 Å². The van der Waals surface area contributed by atoms with Crippen molar-refractivity contribution in [3.63, 3.8) is 0 Å². The number of nitrogens with one attached hydrogen (secondary N) is 1. The van der Waals surface area contributed by atoms with Crippen molar-refractivity contribution in [2.24, 2.45) is 5.73 Å². The topological polar surface area (TPSA) is 98.0 Å². The second-order valence-electron chi connectivity index (χ2n) is 3.27. The second-order valence-corrected chi connectivity index (χ2v) is 3.66. The third-order valence-electron chi connectivity index (χ3n) is 1.72. The van der Waals surface area contributed by atoms with Gasteiger partial charge < -0.3 is 11.1 Å². The number of carbonyl (C=O) groups excluding carboxylic acids is 2. The first-order valence-electron chi connectivity index (χ1n) is 4.55. The predicted octanol–water partition coefficient (Wildman–Crippen LogP) is 0.124. The molecule has 0 aromatic carbocycles. The fraction of sp³-hybridized carbons (Fsp3) is 0.333. The number of rotatable bonds is 4. The van der Waals surface area contributed by atoms with Crippen LogP contribution in [0.15, 0.2) is 12.4 Å². The van der Waals surface area contributed by atoms with E-state index in [0.29, 0.717) is 0 Å². The fourth-order valence-electron chi connectivity index (χ4n) is 1.10. The Morgan fingerprint density at radius 2 is 2.25 bits per heavy atom. The molecule has 3 N–H and O–H groups in total. The van der Waals surface area contributed by atoms with Crippen molar-refractivity contribution < 1.29 is 9.59 Å². The minimum absolute atomic E-state index is 0.0692. The SMILES string of the molecule is CC(CC(N)=O)NC(=O)c1cncc(Cl)n1. The summed E-state index contributed by atoms with van der Waals surface area (Å²) in [6.07, 6.45) is 2.68. The minimum Gasteiger partial charge on any atom is -0.370 e. The highest BCUT2D eigenvalue weighted by Crippen LogP contribution is 2.02. The number of carbonyl (C=O) groups is 2. The van der Waals surface area contributed by atoms with E-state index in [-0.39, 0.29) is 23.3 Å². The van der Waals surface area contributed by atoms with Crippen LogP contribution >= 0.6 is 11.6 Å². The first-order valence-corrected chi connectivity index (χ1v) is 4.93. The van der Waals surface area contributed by atoms with Crippen LogP contribution < -0.4 is 11.1 Å². The van der Waals surface area contributed by atoms with E-state index in [4.69, 9.17) is 17.3 Å². The largest absolute Gasteiger partial charge is 0.370 e. The lowest BCUT2D eigenvalue weighted by atomic mass is 10.2. The Kier molecular flexibility index (Phi) is 4.19. The summed E-state index contributed by atoms with van der Waals surface area (Å²) in [6, 6.07) is -0.356. The van der Waals surface area contributed by atoms with E-state index < -0.39 is 11.8 Å². The molecule has 0 fully saturated rings. The monoisotopic (exact) mass is 242 g/mol. The first kappa shape index (κ1) is 12.4. The van der Waals surface area contributed by atoms with E-state index in [1.807, 2.05) is 0 Å². The van der Waals surface area contributed by atoms with Crippen molar-refractivity contribution in [1.29, 1.82) is 0 Å². The van der Waals surface area contributed by atoms with Crippen LogP contribution in [0.3, 0.4) is 0 Å². The molecular formula is C9H11ClN4O2. The van der Waals surface area contributed by atoms with Gasteiger partial charge >= 0.3 is 0 Å². The number of amides is 2. The molecule has 1 aromatic rings. The maximum absolute atomic E-state index is 11.6. The molecule has 1 heterocycles. The van der Waals surface area contributed by atoms with Gasteiger partial charge in [-0.25, -0.2) is 4.98 Å². The highest BCUT2D eigenvalue weighted by molar-refractivity contribution is 6.29. The van der Waals surface area contributed by atoms with Gasteiger partial charge in [0.2, 0.25) is 5.91 Å². The molecule has 0 bridgehead atoms. The molecule has 16 heavy (non-hydrogen) atoms. The molecular weight excluding hydrogens is 232 g/mol. The molecule has 0 aliphatic heterocycles. The summed E-state index contributed by atoms with van der Waals surface area (Å²) < 4.78 is 0. The van der Waals surface area contributed by atoms with Crippen molar-refractivity contribution in [3.05, 3.63) is 23.2 Å². The normalized spacial score (nSPS) is 11.9. The summed E-state index contributed by atoms with van der Waals surface area (Å²) in [6.45, 7) is 1.67. The van der Waals surface area contributed by atoms with Crippen molar-refractivity contribution in [2.45, 2.75) is 19.4 Å². The highest BCUT2D eigenvalue weighted by Gasteiger charge is 2.13. The Balaban J connectivity index is 2.62. The van der Waals surface area contributed by atoms with Crippen LogP contribution in [0.2, 0.25) is 5.15 Å². The van der Waals surface area contributed by atoms with E-state index >= 15 is 0 Å². The van der Waals surface area contributed by atoms with Crippen molar-refractivity contribution in [1.82, 2.24) is 15.3 Å². The molecule has 0 aliphatic carbocycles.